The highest BCUT2D eigenvalue weighted by Crippen LogP contribution is 2.22. The molecule has 0 fully saturated rings. The lowest BCUT2D eigenvalue weighted by Crippen LogP contribution is -2.15. The zero-order chi connectivity index (χ0) is 16.1. The average molecular weight is 339 g/mol. The van der Waals surface area contributed by atoms with E-state index in [0.717, 1.165) is 0 Å². The van der Waals surface area contributed by atoms with Crippen molar-refractivity contribution in [3.63, 3.8) is 0 Å². The maximum atomic E-state index is 12.1. The number of esters is 1. The molecule has 0 aliphatic carbocycles. The summed E-state index contributed by atoms with van der Waals surface area (Å²) in [4.78, 5) is 24.1. The minimum absolute atomic E-state index is 0.113. The second-order valence-electron chi connectivity index (χ2n) is 4.32. The van der Waals surface area contributed by atoms with E-state index in [-0.39, 0.29) is 16.4 Å². The Labute approximate surface area is 137 Å². The maximum Gasteiger partial charge on any atom is 0.340 e. The lowest BCUT2D eigenvalue weighted by atomic mass is 10.1. The molecular weight excluding hydrogens is 327 g/mol. The molecule has 22 heavy (non-hydrogen) atoms. The summed E-state index contributed by atoms with van der Waals surface area (Å²) < 4.78 is 10.1. The molecule has 2 aromatic carbocycles. The minimum Gasteiger partial charge on any atom is -0.496 e. The summed E-state index contributed by atoms with van der Waals surface area (Å²) in [5, 5.41) is 0.562. The predicted molar refractivity (Wildman–Crippen MR) is 84.1 cm³/mol. The highest BCUT2D eigenvalue weighted by atomic mass is 35.5. The van der Waals surface area contributed by atoms with E-state index >= 15 is 0 Å². The summed E-state index contributed by atoms with van der Waals surface area (Å²) >= 11 is 11.7. The Kier molecular flexibility index (Phi) is 5.41. The van der Waals surface area contributed by atoms with Crippen LogP contribution in [0.5, 0.6) is 5.75 Å². The van der Waals surface area contributed by atoms with Gasteiger partial charge in [0, 0.05) is 5.02 Å². The van der Waals surface area contributed by atoms with Crippen LogP contribution in [0, 0.1) is 0 Å². The largest absolute Gasteiger partial charge is 0.496 e. The van der Waals surface area contributed by atoms with Crippen LogP contribution < -0.4 is 4.74 Å². The van der Waals surface area contributed by atoms with Crippen molar-refractivity contribution in [1.29, 1.82) is 0 Å². The van der Waals surface area contributed by atoms with Crippen LogP contribution in [0.1, 0.15) is 20.7 Å². The molecule has 0 saturated carbocycles. The number of rotatable bonds is 5. The van der Waals surface area contributed by atoms with Crippen LogP contribution in [-0.2, 0) is 4.74 Å². The van der Waals surface area contributed by atoms with E-state index in [1.807, 2.05) is 0 Å². The molecule has 0 aliphatic heterocycles. The standard InChI is InChI=1S/C16H12Cl2O4/c1-21-15-5-3-2-4-11(15)14(19)9-22-16(20)12-8-10(17)6-7-13(12)18/h2-8H,9H2,1H3. The first kappa shape index (κ1) is 16.3. The number of ketones is 1. The average Bonchev–Trinajstić information content (AvgIpc) is 2.54. The molecule has 0 N–H and O–H groups in total. The van der Waals surface area contributed by atoms with E-state index in [9.17, 15) is 9.59 Å². The monoisotopic (exact) mass is 338 g/mol. The number of benzene rings is 2. The Bertz CT molecular complexity index is 713. The van der Waals surface area contributed by atoms with Gasteiger partial charge in [-0.15, -0.1) is 0 Å². The van der Waals surface area contributed by atoms with Gasteiger partial charge in [0.2, 0.25) is 5.78 Å². The van der Waals surface area contributed by atoms with Crippen molar-refractivity contribution in [2.75, 3.05) is 13.7 Å². The lowest BCUT2D eigenvalue weighted by molar-refractivity contribution is 0.0474. The molecule has 0 aromatic heterocycles. The number of para-hydroxylation sites is 1. The predicted octanol–water partition coefficient (Wildman–Crippen LogP) is 4.04. The van der Waals surface area contributed by atoms with Gasteiger partial charge in [-0.1, -0.05) is 35.3 Å². The summed E-state index contributed by atoms with van der Waals surface area (Å²) in [6.07, 6.45) is 0. The maximum absolute atomic E-state index is 12.1. The summed E-state index contributed by atoms with van der Waals surface area (Å²) in [5.74, 6) is -0.663. The van der Waals surface area contributed by atoms with E-state index in [1.54, 1.807) is 30.3 Å². The van der Waals surface area contributed by atoms with Gasteiger partial charge in [-0.05, 0) is 30.3 Å². The third-order valence-electron chi connectivity index (χ3n) is 2.89. The Morgan fingerprint density at radius 1 is 1.05 bits per heavy atom. The smallest absolute Gasteiger partial charge is 0.340 e. The normalized spacial score (nSPS) is 10.1. The first-order valence-corrected chi connectivity index (χ1v) is 7.07. The van der Waals surface area contributed by atoms with Gasteiger partial charge in [0.15, 0.2) is 6.61 Å². The fourth-order valence-corrected chi connectivity index (χ4v) is 2.18. The molecule has 0 saturated heterocycles. The molecule has 4 nitrogen and oxygen atoms in total. The Morgan fingerprint density at radius 2 is 1.77 bits per heavy atom. The van der Waals surface area contributed by atoms with E-state index < -0.39 is 12.6 Å². The first-order chi connectivity index (χ1) is 10.5. The third-order valence-corrected chi connectivity index (χ3v) is 3.45. The van der Waals surface area contributed by atoms with Crippen LogP contribution in [0.2, 0.25) is 10.0 Å². The van der Waals surface area contributed by atoms with E-state index in [0.29, 0.717) is 16.3 Å². The number of Topliss-reactive ketones (excluding diaryl/α,β-unsaturated/α-hetero) is 1. The van der Waals surface area contributed by atoms with Gasteiger partial charge in [0.05, 0.1) is 23.3 Å². The number of halogens is 2. The van der Waals surface area contributed by atoms with Crippen LogP contribution in [0.4, 0.5) is 0 Å². The number of ether oxygens (including phenoxy) is 2. The number of methoxy groups -OCH3 is 1. The van der Waals surface area contributed by atoms with Gasteiger partial charge < -0.3 is 9.47 Å². The summed E-state index contributed by atoms with van der Waals surface area (Å²) in [6, 6.07) is 11.1. The summed E-state index contributed by atoms with van der Waals surface area (Å²) in [6.45, 7) is -0.415. The third kappa shape index (κ3) is 3.78. The van der Waals surface area contributed by atoms with Gasteiger partial charge in [0.1, 0.15) is 5.75 Å². The van der Waals surface area contributed by atoms with Crippen molar-refractivity contribution in [3.05, 3.63) is 63.6 Å². The molecule has 0 heterocycles. The van der Waals surface area contributed by atoms with Crippen LogP contribution in [0.3, 0.4) is 0 Å². The van der Waals surface area contributed by atoms with Gasteiger partial charge in [-0.2, -0.15) is 0 Å². The lowest BCUT2D eigenvalue weighted by Gasteiger charge is -2.08. The molecule has 0 unspecified atom stereocenters. The van der Waals surface area contributed by atoms with Crippen molar-refractivity contribution >= 4 is 35.0 Å². The number of carbonyl (C=O) groups excluding carboxylic acids is 2. The second-order valence-corrected chi connectivity index (χ2v) is 5.17. The van der Waals surface area contributed by atoms with Gasteiger partial charge in [-0.25, -0.2) is 4.79 Å². The molecule has 6 heteroatoms. The zero-order valence-corrected chi connectivity index (χ0v) is 13.1. The molecule has 0 amide bonds. The van der Waals surface area contributed by atoms with Crippen molar-refractivity contribution in [3.8, 4) is 5.75 Å². The molecular formula is C16H12Cl2O4. The Morgan fingerprint density at radius 3 is 2.50 bits per heavy atom. The number of hydrogen-bond acceptors (Lipinski definition) is 4. The van der Waals surface area contributed by atoms with Crippen LogP contribution in [-0.4, -0.2) is 25.5 Å². The van der Waals surface area contributed by atoms with E-state index in [2.05, 4.69) is 0 Å². The molecule has 0 bridgehead atoms. The molecule has 0 atom stereocenters. The van der Waals surface area contributed by atoms with Crippen molar-refractivity contribution in [1.82, 2.24) is 0 Å². The highest BCUT2D eigenvalue weighted by Gasteiger charge is 2.17. The highest BCUT2D eigenvalue weighted by molar-refractivity contribution is 6.35. The number of hydrogen-bond donors (Lipinski definition) is 0. The van der Waals surface area contributed by atoms with E-state index in [4.69, 9.17) is 32.7 Å². The molecule has 2 rings (SSSR count). The molecule has 2 aromatic rings. The number of carbonyl (C=O) groups is 2. The fraction of sp³-hybridized carbons (Fsp3) is 0.125. The quantitative estimate of drug-likeness (QED) is 0.609. The zero-order valence-electron chi connectivity index (χ0n) is 11.6. The van der Waals surface area contributed by atoms with Crippen molar-refractivity contribution < 1.29 is 19.1 Å². The molecule has 0 spiro atoms. The van der Waals surface area contributed by atoms with Crippen LogP contribution in [0.15, 0.2) is 42.5 Å². The molecule has 114 valence electrons. The van der Waals surface area contributed by atoms with Gasteiger partial charge in [-0.3, -0.25) is 4.79 Å². The van der Waals surface area contributed by atoms with Crippen LogP contribution >= 0.6 is 23.2 Å². The van der Waals surface area contributed by atoms with Crippen molar-refractivity contribution in [2.24, 2.45) is 0 Å². The van der Waals surface area contributed by atoms with Crippen molar-refractivity contribution in [2.45, 2.75) is 0 Å². The van der Waals surface area contributed by atoms with E-state index in [1.165, 1.54) is 19.2 Å². The summed E-state index contributed by atoms with van der Waals surface area (Å²) in [7, 11) is 1.46. The van der Waals surface area contributed by atoms with Gasteiger partial charge >= 0.3 is 5.97 Å². The second kappa shape index (κ2) is 7.29. The van der Waals surface area contributed by atoms with Gasteiger partial charge in [0.25, 0.3) is 0 Å². The Hall–Kier alpha value is -2.04. The summed E-state index contributed by atoms with van der Waals surface area (Å²) in [5.41, 5.74) is 0.456. The topological polar surface area (TPSA) is 52.6 Å². The minimum atomic E-state index is -0.712. The Balaban J connectivity index is 2.08. The van der Waals surface area contributed by atoms with Crippen LogP contribution in [0.25, 0.3) is 0 Å². The molecule has 0 aliphatic rings. The first-order valence-electron chi connectivity index (χ1n) is 6.31. The fourth-order valence-electron chi connectivity index (χ4n) is 1.82. The molecule has 0 radical (unpaired) electrons. The SMILES string of the molecule is COc1ccccc1C(=O)COC(=O)c1cc(Cl)ccc1Cl.